The largest absolute Gasteiger partial charge is 0.534 e. The van der Waals surface area contributed by atoms with E-state index in [1.54, 1.807) is 0 Å². The SMILES string of the molecule is Cc1c(OS(=O)(=O)C(F)(F)F)ccoc1=O. The molecule has 1 rings (SSSR count). The average Bonchev–Trinajstić information content (AvgIpc) is 2.11. The Kier molecular flexibility index (Phi) is 2.99. The maximum Gasteiger partial charge on any atom is 0.534 e. The Bertz CT molecular complexity index is 542. The van der Waals surface area contributed by atoms with Crippen molar-refractivity contribution in [2.75, 3.05) is 0 Å². The molecule has 0 aliphatic heterocycles. The summed E-state index contributed by atoms with van der Waals surface area (Å²) < 4.78 is 65.1. The van der Waals surface area contributed by atoms with Crippen molar-refractivity contribution in [3.8, 4) is 5.75 Å². The summed E-state index contributed by atoms with van der Waals surface area (Å²) in [5, 5.41) is 0. The van der Waals surface area contributed by atoms with Gasteiger partial charge in [0, 0.05) is 6.07 Å². The Labute approximate surface area is 87.6 Å². The van der Waals surface area contributed by atoms with Crippen LogP contribution >= 0.6 is 0 Å². The zero-order valence-electron chi connectivity index (χ0n) is 7.74. The van der Waals surface area contributed by atoms with Gasteiger partial charge >= 0.3 is 21.3 Å². The molecule has 90 valence electrons. The molecule has 0 aliphatic rings. The average molecular weight is 258 g/mol. The van der Waals surface area contributed by atoms with E-state index in [9.17, 15) is 26.4 Å². The number of alkyl halides is 3. The molecule has 0 radical (unpaired) electrons. The van der Waals surface area contributed by atoms with E-state index in [4.69, 9.17) is 0 Å². The maximum absolute atomic E-state index is 11.9. The lowest BCUT2D eigenvalue weighted by Crippen LogP contribution is -2.28. The Hall–Kier alpha value is -1.51. The molecule has 1 aromatic rings. The second-order valence-electron chi connectivity index (χ2n) is 2.68. The van der Waals surface area contributed by atoms with Gasteiger partial charge in [0.1, 0.15) is 0 Å². The van der Waals surface area contributed by atoms with Gasteiger partial charge in [0.05, 0.1) is 11.8 Å². The summed E-state index contributed by atoms with van der Waals surface area (Å²) in [6.45, 7) is 1.08. The van der Waals surface area contributed by atoms with Gasteiger partial charge in [-0.2, -0.15) is 21.6 Å². The van der Waals surface area contributed by atoms with Crippen LogP contribution in [0.1, 0.15) is 5.56 Å². The Morgan fingerprint density at radius 2 is 1.94 bits per heavy atom. The third kappa shape index (κ3) is 2.35. The van der Waals surface area contributed by atoms with Gasteiger partial charge in [0.15, 0.2) is 5.75 Å². The first-order valence-corrected chi connectivity index (χ1v) is 5.15. The minimum Gasteiger partial charge on any atom is -0.431 e. The van der Waals surface area contributed by atoms with Gasteiger partial charge in [-0.1, -0.05) is 0 Å². The van der Waals surface area contributed by atoms with Crippen LogP contribution in [0, 0.1) is 6.92 Å². The first-order valence-electron chi connectivity index (χ1n) is 3.74. The maximum atomic E-state index is 11.9. The van der Waals surface area contributed by atoms with Crippen LogP contribution in [0.3, 0.4) is 0 Å². The van der Waals surface area contributed by atoms with Crippen molar-refractivity contribution in [1.29, 1.82) is 0 Å². The van der Waals surface area contributed by atoms with Gasteiger partial charge in [-0.25, -0.2) is 4.79 Å². The molecule has 0 aliphatic carbocycles. The number of halogens is 3. The van der Waals surface area contributed by atoms with Gasteiger partial charge < -0.3 is 8.60 Å². The summed E-state index contributed by atoms with van der Waals surface area (Å²) in [7, 11) is -5.77. The zero-order chi connectivity index (χ0) is 12.6. The van der Waals surface area contributed by atoms with E-state index in [1.807, 2.05) is 0 Å². The molecule has 0 unspecified atom stereocenters. The Morgan fingerprint density at radius 3 is 2.44 bits per heavy atom. The summed E-state index contributed by atoms with van der Waals surface area (Å²) in [6.07, 6.45) is 0.733. The molecule has 0 amide bonds. The number of hydrogen-bond donors (Lipinski definition) is 0. The van der Waals surface area contributed by atoms with Crippen LogP contribution < -0.4 is 9.81 Å². The molecular formula is C7H5F3O5S. The molecular weight excluding hydrogens is 253 g/mol. The molecule has 0 spiro atoms. The van der Waals surface area contributed by atoms with Crippen LogP contribution in [0.4, 0.5) is 13.2 Å². The quantitative estimate of drug-likeness (QED) is 0.588. The van der Waals surface area contributed by atoms with Crippen LogP contribution in [0.2, 0.25) is 0 Å². The monoisotopic (exact) mass is 258 g/mol. The topological polar surface area (TPSA) is 73.6 Å². The number of hydrogen-bond acceptors (Lipinski definition) is 5. The zero-order valence-corrected chi connectivity index (χ0v) is 8.55. The van der Waals surface area contributed by atoms with Crippen LogP contribution in [0.5, 0.6) is 5.75 Å². The van der Waals surface area contributed by atoms with Gasteiger partial charge in [0.25, 0.3) is 0 Å². The Morgan fingerprint density at radius 1 is 1.38 bits per heavy atom. The number of rotatable bonds is 2. The van der Waals surface area contributed by atoms with Crippen LogP contribution in [0.25, 0.3) is 0 Å². The summed E-state index contributed by atoms with van der Waals surface area (Å²) in [5.41, 5.74) is -6.89. The fourth-order valence-electron chi connectivity index (χ4n) is 0.727. The van der Waals surface area contributed by atoms with Gasteiger partial charge in [0.2, 0.25) is 0 Å². The van der Waals surface area contributed by atoms with E-state index < -0.39 is 27.0 Å². The second kappa shape index (κ2) is 3.81. The smallest absolute Gasteiger partial charge is 0.431 e. The molecule has 0 aromatic carbocycles. The van der Waals surface area contributed by atoms with Gasteiger partial charge in [-0.05, 0) is 6.92 Å². The van der Waals surface area contributed by atoms with Crippen LogP contribution in [-0.2, 0) is 10.1 Å². The van der Waals surface area contributed by atoms with Gasteiger partial charge in [-0.15, -0.1) is 0 Å². The van der Waals surface area contributed by atoms with Crippen LogP contribution in [0.15, 0.2) is 21.5 Å². The molecule has 0 saturated heterocycles. The molecule has 9 heteroatoms. The summed E-state index contributed by atoms with van der Waals surface area (Å²) in [6, 6.07) is 0.806. The summed E-state index contributed by atoms with van der Waals surface area (Å²) in [4.78, 5) is 10.9. The molecule has 0 N–H and O–H groups in total. The minimum atomic E-state index is -5.77. The lowest BCUT2D eigenvalue weighted by atomic mass is 10.3. The molecule has 1 aromatic heterocycles. The van der Waals surface area contributed by atoms with E-state index in [2.05, 4.69) is 8.60 Å². The van der Waals surface area contributed by atoms with E-state index in [1.165, 1.54) is 0 Å². The third-order valence-electron chi connectivity index (χ3n) is 1.55. The first-order chi connectivity index (χ1) is 7.15. The Balaban J connectivity index is 3.17. The normalized spacial score (nSPS) is 12.5. The van der Waals surface area contributed by atoms with E-state index in [0.717, 1.165) is 19.3 Å². The molecule has 16 heavy (non-hydrogen) atoms. The molecule has 0 atom stereocenters. The van der Waals surface area contributed by atoms with Crippen LogP contribution in [-0.4, -0.2) is 13.9 Å². The van der Waals surface area contributed by atoms with Crippen molar-refractivity contribution in [1.82, 2.24) is 0 Å². The highest BCUT2D eigenvalue weighted by Gasteiger charge is 2.48. The molecule has 5 nitrogen and oxygen atoms in total. The summed E-state index contributed by atoms with van der Waals surface area (Å²) >= 11 is 0. The van der Waals surface area contributed by atoms with Crippen molar-refractivity contribution in [3.05, 3.63) is 28.3 Å². The predicted octanol–water partition coefficient (Wildman–Crippen LogP) is 1.18. The minimum absolute atomic E-state index is 0.365. The highest BCUT2D eigenvalue weighted by Crippen LogP contribution is 2.27. The fraction of sp³-hybridized carbons (Fsp3) is 0.286. The second-order valence-corrected chi connectivity index (χ2v) is 4.22. The predicted molar refractivity (Wildman–Crippen MR) is 45.3 cm³/mol. The third-order valence-corrected chi connectivity index (χ3v) is 2.52. The first kappa shape index (κ1) is 12.6. The highest BCUT2D eigenvalue weighted by atomic mass is 32.2. The molecule has 0 fully saturated rings. The van der Waals surface area contributed by atoms with Crippen molar-refractivity contribution < 1.29 is 30.2 Å². The van der Waals surface area contributed by atoms with E-state index in [0.29, 0.717) is 0 Å². The van der Waals surface area contributed by atoms with Crippen molar-refractivity contribution in [2.45, 2.75) is 12.4 Å². The summed E-state index contributed by atoms with van der Waals surface area (Å²) in [5.74, 6) is -0.714. The molecule has 0 bridgehead atoms. The fourth-order valence-corrected chi connectivity index (χ4v) is 1.24. The van der Waals surface area contributed by atoms with Gasteiger partial charge in [-0.3, -0.25) is 0 Å². The molecule has 1 heterocycles. The van der Waals surface area contributed by atoms with E-state index >= 15 is 0 Å². The van der Waals surface area contributed by atoms with Crippen molar-refractivity contribution in [3.63, 3.8) is 0 Å². The van der Waals surface area contributed by atoms with E-state index in [-0.39, 0.29) is 5.56 Å². The van der Waals surface area contributed by atoms with Crippen molar-refractivity contribution >= 4 is 10.1 Å². The lowest BCUT2D eigenvalue weighted by molar-refractivity contribution is -0.0500. The standard InChI is InChI=1S/C7H5F3O5S/c1-4-5(2-3-14-6(4)11)15-16(12,13)7(8,9)10/h2-3H,1H3. The lowest BCUT2D eigenvalue weighted by Gasteiger charge is -2.09. The van der Waals surface area contributed by atoms with Crippen molar-refractivity contribution in [2.24, 2.45) is 0 Å². The highest BCUT2D eigenvalue weighted by molar-refractivity contribution is 7.88. The molecule has 0 saturated carbocycles.